The Balaban J connectivity index is 1.63. The van der Waals surface area contributed by atoms with Gasteiger partial charge in [-0.15, -0.1) is 0 Å². The summed E-state index contributed by atoms with van der Waals surface area (Å²) in [7, 11) is -3.46. The van der Waals surface area contributed by atoms with Gasteiger partial charge in [-0.25, -0.2) is 18.4 Å². The number of rotatable bonds is 5. The summed E-state index contributed by atoms with van der Waals surface area (Å²) in [4.78, 5) is 8.58. The highest BCUT2D eigenvalue weighted by molar-refractivity contribution is 9.08. The second-order valence-electron chi connectivity index (χ2n) is 5.83. The minimum Gasteiger partial charge on any atom is -0.351 e. The lowest BCUT2D eigenvalue weighted by molar-refractivity contribution is 0.329. The molecular formula is C16H18BrClN4O2S. The highest BCUT2D eigenvalue weighted by Gasteiger charge is 2.29. The lowest BCUT2D eigenvalue weighted by Gasteiger charge is -2.31. The summed E-state index contributed by atoms with van der Waals surface area (Å²) in [5.74, 6) is 0.510. The lowest BCUT2D eigenvalue weighted by Crippen LogP contribution is -2.42. The number of nitrogens with one attached hydrogen (secondary N) is 1. The molecule has 1 saturated heterocycles. The molecule has 2 heterocycles. The summed E-state index contributed by atoms with van der Waals surface area (Å²) in [5, 5.41) is 4.34. The summed E-state index contributed by atoms with van der Waals surface area (Å²) >= 11 is 9.14. The number of aromatic nitrogens is 2. The molecule has 3 rings (SSSR count). The fraction of sp³-hybridized carbons (Fsp3) is 0.375. The van der Waals surface area contributed by atoms with E-state index >= 15 is 0 Å². The number of piperidine rings is 1. The number of halogens is 2. The normalized spacial score (nSPS) is 16.7. The van der Waals surface area contributed by atoms with Gasteiger partial charge in [0.25, 0.3) is 0 Å². The second kappa shape index (κ2) is 7.99. The third kappa shape index (κ3) is 4.49. The molecule has 1 aromatic heterocycles. The zero-order chi connectivity index (χ0) is 17.9. The smallest absolute Gasteiger partial charge is 0.243 e. The van der Waals surface area contributed by atoms with Crippen molar-refractivity contribution in [3.63, 3.8) is 0 Å². The van der Waals surface area contributed by atoms with Gasteiger partial charge in [0.2, 0.25) is 16.0 Å². The van der Waals surface area contributed by atoms with Crippen LogP contribution in [0.15, 0.2) is 41.6 Å². The Morgan fingerprint density at radius 1 is 1.24 bits per heavy atom. The van der Waals surface area contributed by atoms with Crippen molar-refractivity contribution in [2.75, 3.05) is 18.4 Å². The van der Waals surface area contributed by atoms with E-state index in [1.54, 1.807) is 22.5 Å². The Labute approximate surface area is 160 Å². The first-order valence-electron chi connectivity index (χ1n) is 7.88. The average Bonchev–Trinajstić information content (AvgIpc) is 2.64. The molecule has 1 aliphatic heterocycles. The molecule has 0 bridgehead atoms. The SMILES string of the molecule is O=S(=O)(c1cccc(CBr)c1)N1CCC(Nc2ncc(Cl)cn2)CC1. The van der Waals surface area contributed by atoms with E-state index in [1.165, 1.54) is 12.4 Å². The first kappa shape index (κ1) is 18.6. The van der Waals surface area contributed by atoms with Gasteiger partial charge in [-0.1, -0.05) is 39.7 Å². The number of alkyl halides is 1. The Kier molecular flexibility index (Phi) is 5.93. The van der Waals surface area contributed by atoms with Crippen LogP contribution >= 0.6 is 27.5 Å². The summed E-state index contributed by atoms with van der Waals surface area (Å²) in [6, 6.07) is 7.18. The fourth-order valence-electron chi connectivity index (χ4n) is 2.75. The molecule has 9 heteroatoms. The van der Waals surface area contributed by atoms with Gasteiger partial charge < -0.3 is 5.32 Å². The maximum absolute atomic E-state index is 12.8. The van der Waals surface area contributed by atoms with Crippen molar-refractivity contribution in [1.29, 1.82) is 0 Å². The van der Waals surface area contributed by atoms with E-state index in [2.05, 4.69) is 31.2 Å². The maximum atomic E-state index is 12.8. The molecule has 1 aliphatic rings. The van der Waals surface area contributed by atoms with Crippen LogP contribution in [0.3, 0.4) is 0 Å². The highest BCUT2D eigenvalue weighted by Crippen LogP contribution is 2.23. The van der Waals surface area contributed by atoms with Gasteiger partial charge in [-0.2, -0.15) is 4.31 Å². The van der Waals surface area contributed by atoms with Crippen LogP contribution in [0.4, 0.5) is 5.95 Å². The molecule has 0 aliphatic carbocycles. The van der Waals surface area contributed by atoms with Crippen LogP contribution in [0.5, 0.6) is 0 Å². The summed E-state index contributed by atoms with van der Waals surface area (Å²) in [6.45, 7) is 0.929. The van der Waals surface area contributed by atoms with E-state index in [0.29, 0.717) is 47.1 Å². The number of nitrogens with zero attached hydrogens (tertiary/aromatic N) is 3. The largest absolute Gasteiger partial charge is 0.351 e. The average molecular weight is 446 g/mol. The molecule has 1 N–H and O–H groups in total. The third-order valence-corrected chi connectivity index (χ3v) is 6.84. The molecule has 1 aromatic carbocycles. The minimum atomic E-state index is -3.46. The summed E-state index contributed by atoms with van der Waals surface area (Å²) in [6.07, 6.45) is 4.47. The van der Waals surface area contributed by atoms with Crippen molar-refractivity contribution in [2.45, 2.75) is 29.1 Å². The van der Waals surface area contributed by atoms with Gasteiger partial charge in [0.05, 0.1) is 22.3 Å². The molecule has 0 amide bonds. The molecule has 25 heavy (non-hydrogen) atoms. The molecular weight excluding hydrogens is 428 g/mol. The Morgan fingerprint density at radius 3 is 2.56 bits per heavy atom. The Bertz CT molecular complexity index is 824. The van der Waals surface area contributed by atoms with Crippen molar-refractivity contribution >= 4 is 43.5 Å². The van der Waals surface area contributed by atoms with Crippen LogP contribution in [0.2, 0.25) is 5.02 Å². The van der Waals surface area contributed by atoms with Crippen LogP contribution in [0.1, 0.15) is 18.4 Å². The third-order valence-electron chi connectivity index (χ3n) is 4.10. The van der Waals surface area contributed by atoms with Gasteiger partial charge in [0, 0.05) is 24.5 Å². The molecule has 1 fully saturated rings. The molecule has 0 saturated carbocycles. The van der Waals surface area contributed by atoms with Gasteiger partial charge >= 0.3 is 0 Å². The molecule has 0 radical (unpaired) electrons. The van der Waals surface area contributed by atoms with Crippen LogP contribution in [0, 0.1) is 0 Å². The Morgan fingerprint density at radius 2 is 1.92 bits per heavy atom. The van der Waals surface area contributed by atoms with Gasteiger partial charge in [0.1, 0.15) is 0 Å². The molecule has 0 spiro atoms. The number of benzene rings is 1. The standard InChI is InChI=1S/C16H18BrClN4O2S/c17-9-12-2-1-3-15(8-12)25(23,24)22-6-4-14(5-7-22)21-16-19-10-13(18)11-20-16/h1-3,8,10-11,14H,4-7,9H2,(H,19,20,21). The molecule has 6 nitrogen and oxygen atoms in total. The van der Waals surface area contributed by atoms with Gasteiger partial charge in [-0.3, -0.25) is 0 Å². The van der Waals surface area contributed by atoms with Gasteiger partial charge in [-0.05, 0) is 30.5 Å². The van der Waals surface area contributed by atoms with Crippen LogP contribution in [0.25, 0.3) is 0 Å². The van der Waals surface area contributed by atoms with Crippen LogP contribution < -0.4 is 5.32 Å². The summed E-state index contributed by atoms with van der Waals surface area (Å²) < 4.78 is 27.2. The first-order valence-corrected chi connectivity index (χ1v) is 10.8. The monoisotopic (exact) mass is 444 g/mol. The van der Waals surface area contributed by atoms with Crippen molar-refractivity contribution < 1.29 is 8.42 Å². The van der Waals surface area contributed by atoms with Crippen LogP contribution in [-0.2, 0) is 15.4 Å². The van der Waals surface area contributed by atoms with Crippen molar-refractivity contribution in [2.24, 2.45) is 0 Å². The maximum Gasteiger partial charge on any atom is 0.243 e. The van der Waals surface area contributed by atoms with Crippen molar-refractivity contribution in [3.8, 4) is 0 Å². The van der Waals surface area contributed by atoms with E-state index in [1.807, 2.05) is 6.07 Å². The fourth-order valence-corrected chi connectivity index (χ4v) is 4.73. The van der Waals surface area contributed by atoms with E-state index in [4.69, 9.17) is 11.6 Å². The highest BCUT2D eigenvalue weighted by atomic mass is 79.9. The zero-order valence-electron chi connectivity index (χ0n) is 13.4. The number of sulfonamides is 1. The van der Waals surface area contributed by atoms with Crippen molar-refractivity contribution in [3.05, 3.63) is 47.2 Å². The van der Waals surface area contributed by atoms with Crippen molar-refractivity contribution in [1.82, 2.24) is 14.3 Å². The van der Waals surface area contributed by atoms with E-state index in [-0.39, 0.29) is 6.04 Å². The molecule has 0 unspecified atom stereocenters. The molecule has 0 atom stereocenters. The second-order valence-corrected chi connectivity index (χ2v) is 8.76. The van der Waals surface area contributed by atoms with Gasteiger partial charge in [0.15, 0.2) is 0 Å². The number of hydrogen-bond acceptors (Lipinski definition) is 5. The van der Waals surface area contributed by atoms with E-state index in [0.717, 1.165) is 5.56 Å². The first-order chi connectivity index (χ1) is 12.0. The topological polar surface area (TPSA) is 75.2 Å². The zero-order valence-corrected chi connectivity index (χ0v) is 16.6. The predicted octanol–water partition coefficient (Wildman–Crippen LogP) is 3.29. The minimum absolute atomic E-state index is 0.140. The Hall–Kier alpha value is -1.22. The quantitative estimate of drug-likeness (QED) is 0.715. The summed E-state index contributed by atoms with van der Waals surface area (Å²) in [5.41, 5.74) is 0.942. The number of hydrogen-bond donors (Lipinski definition) is 1. The van der Waals surface area contributed by atoms with Crippen LogP contribution in [-0.4, -0.2) is 41.8 Å². The van der Waals surface area contributed by atoms with E-state index in [9.17, 15) is 8.42 Å². The molecule has 134 valence electrons. The lowest BCUT2D eigenvalue weighted by atomic mass is 10.1. The number of anilines is 1. The molecule has 2 aromatic rings. The van der Waals surface area contributed by atoms with E-state index < -0.39 is 10.0 Å². The predicted molar refractivity (Wildman–Crippen MR) is 102 cm³/mol.